The van der Waals surface area contributed by atoms with Gasteiger partial charge in [0.05, 0.1) is 16.5 Å². The summed E-state index contributed by atoms with van der Waals surface area (Å²) in [7, 11) is -3.10. The Morgan fingerprint density at radius 1 is 1.12 bits per heavy atom. The molecule has 170 valence electrons. The van der Waals surface area contributed by atoms with Crippen LogP contribution in [0.5, 0.6) is 10.9 Å². The number of aromatic nitrogens is 1. The van der Waals surface area contributed by atoms with Crippen molar-refractivity contribution in [3.8, 4) is 10.9 Å². The molecule has 0 radical (unpaired) electrons. The van der Waals surface area contributed by atoms with Gasteiger partial charge in [-0.1, -0.05) is 29.5 Å². The molecule has 6 nitrogen and oxygen atoms in total. The Labute approximate surface area is 193 Å². The number of fused-ring (bicyclic) bond motifs is 3. The molecule has 0 aliphatic carbocycles. The van der Waals surface area contributed by atoms with Crippen LogP contribution in [0.3, 0.4) is 0 Å². The van der Waals surface area contributed by atoms with Gasteiger partial charge in [-0.25, -0.2) is 13.4 Å². The largest absolute Gasteiger partial charge is 0.431 e. The quantitative estimate of drug-likeness (QED) is 0.550. The van der Waals surface area contributed by atoms with E-state index < -0.39 is 10.0 Å². The van der Waals surface area contributed by atoms with Gasteiger partial charge >= 0.3 is 0 Å². The van der Waals surface area contributed by atoms with Crippen molar-refractivity contribution in [1.82, 2.24) is 14.6 Å². The van der Waals surface area contributed by atoms with Gasteiger partial charge in [-0.2, -0.15) is 4.31 Å². The van der Waals surface area contributed by atoms with Gasteiger partial charge in [-0.05, 0) is 81.0 Å². The van der Waals surface area contributed by atoms with Crippen LogP contribution in [0.15, 0.2) is 42.5 Å². The fourth-order valence-corrected chi connectivity index (χ4v) is 7.54. The van der Waals surface area contributed by atoms with Crippen LogP contribution in [0.1, 0.15) is 36.8 Å². The van der Waals surface area contributed by atoms with E-state index in [9.17, 15) is 8.42 Å². The van der Waals surface area contributed by atoms with Crippen LogP contribution in [0.2, 0.25) is 0 Å². The van der Waals surface area contributed by atoms with E-state index in [2.05, 4.69) is 41.5 Å². The van der Waals surface area contributed by atoms with E-state index >= 15 is 0 Å². The summed E-state index contributed by atoms with van der Waals surface area (Å²) in [5, 5.41) is 4.32. The lowest BCUT2D eigenvalue weighted by atomic mass is 9.99. The molecule has 32 heavy (non-hydrogen) atoms. The maximum absolute atomic E-state index is 12.0. The molecule has 0 amide bonds. The Morgan fingerprint density at radius 3 is 2.53 bits per heavy atom. The van der Waals surface area contributed by atoms with E-state index in [0.29, 0.717) is 11.2 Å². The van der Waals surface area contributed by atoms with E-state index in [-0.39, 0.29) is 12.1 Å². The molecule has 1 N–H and O–H groups in total. The second kappa shape index (κ2) is 8.74. The summed E-state index contributed by atoms with van der Waals surface area (Å²) in [5.74, 6) is 0.794. The first-order valence-corrected chi connectivity index (χ1v) is 13.9. The molecule has 1 aromatic heterocycles. The average Bonchev–Trinajstić information content (AvgIpc) is 3.26. The van der Waals surface area contributed by atoms with Crippen LogP contribution in [-0.2, 0) is 16.4 Å². The van der Waals surface area contributed by atoms with Crippen molar-refractivity contribution in [2.45, 2.75) is 57.2 Å². The molecule has 2 atom stereocenters. The Hall–Kier alpha value is -2.00. The Morgan fingerprint density at radius 2 is 1.84 bits per heavy atom. The zero-order valence-electron chi connectivity index (χ0n) is 18.5. The van der Waals surface area contributed by atoms with Crippen LogP contribution in [0, 0.1) is 6.92 Å². The molecular weight excluding hydrogens is 442 g/mol. The third kappa shape index (κ3) is 4.69. The number of hydrogen-bond donors (Lipinski definition) is 1. The molecule has 5 rings (SSSR count). The number of rotatable bonds is 7. The van der Waals surface area contributed by atoms with Crippen LogP contribution < -0.4 is 10.1 Å². The number of nitrogens with zero attached hydrogens (tertiary/aromatic N) is 2. The molecule has 3 aromatic rings. The minimum atomic E-state index is -3.10. The van der Waals surface area contributed by atoms with Crippen molar-refractivity contribution in [2.24, 2.45) is 0 Å². The second-order valence-electron chi connectivity index (χ2n) is 9.05. The molecular formula is C24H29N3O3S2. The third-order valence-electron chi connectivity index (χ3n) is 6.55. The SMILES string of the molecule is Cc1ccc2nc(Oc3ccc(CCNC4CC5CCC(C4)N5S(C)(=O)=O)cc3)sc2c1. The fraction of sp³-hybridized carbons (Fsp3) is 0.458. The third-order valence-corrected chi connectivity index (χ3v) is 8.81. The lowest BCUT2D eigenvalue weighted by molar-refractivity contribution is 0.208. The minimum absolute atomic E-state index is 0.170. The maximum Gasteiger partial charge on any atom is 0.279 e. The molecule has 2 unspecified atom stereocenters. The van der Waals surface area contributed by atoms with Crippen molar-refractivity contribution in [3.05, 3.63) is 53.6 Å². The number of nitrogens with one attached hydrogen (secondary N) is 1. The number of thiazole rings is 1. The lowest BCUT2D eigenvalue weighted by Crippen LogP contribution is -2.51. The highest BCUT2D eigenvalue weighted by atomic mass is 32.2. The van der Waals surface area contributed by atoms with Crippen molar-refractivity contribution in [2.75, 3.05) is 12.8 Å². The second-order valence-corrected chi connectivity index (χ2v) is 11.9. The van der Waals surface area contributed by atoms with Gasteiger partial charge in [0, 0.05) is 18.1 Å². The Kier molecular flexibility index (Phi) is 5.96. The highest BCUT2D eigenvalue weighted by Crippen LogP contribution is 2.37. The van der Waals surface area contributed by atoms with E-state index in [4.69, 9.17) is 4.74 Å². The predicted octanol–water partition coefficient (Wildman–Crippen LogP) is 4.48. The monoisotopic (exact) mass is 471 g/mol. The fourth-order valence-electron chi connectivity index (χ4n) is 5.14. The van der Waals surface area contributed by atoms with E-state index in [1.807, 2.05) is 18.2 Å². The van der Waals surface area contributed by atoms with Gasteiger partial charge in [-0.3, -0.25) is 0 Å². The predicted molar refractivity (Wildman–Crippen MR) is 129 cm³/mol. The normalized spacial score (nSPS) is 23.6. The molecule has 2 aliphatic heterocycles. The van der Waals surface area contributed by atoms with Crippen molar-refractivity contribution in [1.29, 1.82) is 0 Å². The number of benzene rings is 2. The standard InChI is InChI=1S/C24H29N3O3S2/c1-16-3-10-22-23(13-16)31-24(26-22)30-21-8-4-17(5-9-21)11-12-25-18-14-19-6-7-20(15-18)27(19)32(2,28)29/h3-5,8-10,13,18-20,25H,6-7,11-12,14-15H2,1-2H3. The van der Waals surface area contributed by atoms with Crippen molar-refractivity contribution in [3.63, 3.8) is 0 Å². The molecule has 2 bridgehead atoms. The molecule has 2 saturated heterocycles. The van der Waals surface area contributed by atoms with E-state index in [1.165, 1.54) is 17.4 Å². The van der Waals surface area contributed by atoms with E-state index in [0.717, 1.165) is 54.6 Å². The molecule has 3 heterocycles. The summed E-state index contributed by atoms with van der Waals surface area (Å²) in [4.78, 5) is 4.56. The zero-order valence-corrected chi connectivity index (χ0v) is 20.1. The van der Waals surface area contributed by atoms with Gasteiger partial charge in [0.15, 0.2) is 0 Å². The summed E-state index contributed by atoms with van der Waals surface area (Å²) < 4.78 is 33.0. The van der Waals surface area contributed by atoms with Gasteiger partial charge in [-0.15, -0.1) is 0 Å². The maximum atomic E-state index is 12.0. The smallest absolute Gasteiger partial charge is 0.279 e. The van der Waals surface area contributed by atoms with Gasteiger partial charge in [0.2, 0.25) is 10.0 Å². The zero-order chi connectivity index (χ0) is 22.3. The summed E-state index contributed by atoms with van der Waals surface area (Å²) in [6, 6.07) is 15.2. The molecule has 2 aliphatic rings. The summed E-state index contributed by atoms with van der Waals surface area (Å²) in [5.41, 5.74) is 3.44. The van der Waals surface area contributed by atoms with Gasteiger partial charge < -0.3 is 10.1 Å². The van der Waals surface area contributed by atoms with Crippen LogP contribution in [-0.4, -0.2) is 48.6 Å². The van der Waals surface area contributed by atoms with Crippen LogP contribution in [0.4, 0.5) is 0 Å². The number of ether oxygens (including phenoxy) is 1. The van der Waals surface area contributed by atoms with Gasteiger partial charge in [0.25, 0.3) is 5.19 Å². The number of sulfonamides is 1. The highest BCUT2D eigenvalue weighted by molar-refractivity contribution is 7.88. The van der Waals surface area contributed by atoms with Crippen LogP contribution in [0.25, 0.3) is 10.2 Å². The topological polar surface area (TPSA) is 71.5 Å². The molecule has 2 aromatic carbocycles. The molecule has 2 fully saturated rings. The van der Waals surface area contributed by atoms with Crippen molar-refractivity contribution >= 4 is 31.6 Å². The Balaban J connectivity index is 1.12. The highest BCUT2D eigenvalue weighted by Gasteiger charge is 2.44. The number of piperidine rings is 1. The van der Waals surface area contributed by atoms with Crippen LogP contribution >= 0.6 is 11.3 Å². The summed E-state index contributed by atoms with van der Waals surface area (Å²) in [6.07, 6.45) is 6.09. The Bertz CT molecular complexity index is 1190. The first kappa shape index (κ1) is 21.8. The summed E-state index contributed by atoms with van der Waals surface area (Å²) >= 11 is 1.56. The van der Waals surface area contributed by atoms with E-state index in [1.54, 1.807) is 15.6 Å². The molecule has 0 spiro atoms. The van der Waals surface area contributed by atoms with Crippen molar-refractivity contribution < 1.29 is 13.2 Å². The number of hydrogen-bond acceptors (Lipinski definition) is 6. The number of aryl methyl sites for hydroxylation is 1. The first-order valence-electron chi connectivity index (χ1n) is 11.2. The average molecular weight is 472 g/mol. The first-order chi connectivity index (χ1) is 15.3. The molecule has 0 saturated carbocycles. The van der Waals surface area contributed by atoms with Gasteiger partial charge in [0.1, 0.15) is 5.75 Å². The summed E-state index contributed by atoms with van der Waals surface area (Å²) in [6.45, 7) is 2.97. The minimum Gasteiger partial charge on any atom is -0.431 e. The molecule has 8 heteroatoms. The lowest BCUT2D eigenvalue weighted by Gasteiger charge is -2.37.